The van der Waals surface area contributed by atoms with E-state index in [-0.39, 0.29) is 12.1 Å². The fraction of sp³-hybridized carbons (Fsp3) is 0.929. The molecule has 0 bridgehead atoms. The van der Waals surface area contributed by atoms with Crippen LogP contribution in [0.15, 0.2) is 0 Å². The standard InChI is InChI=1S/C14H22O7/c1-7(15)17-10-9(8-6-16-13(2,3)19-8)18-12-11(10)20-14(4,5)21-12/h8-12H,6H2,1-5H3/t8-,9+,10+,11+,12-/m0/s1. The van der Waals surface area contributed by atoms with Gasteiger partial charge in [0, 0.05) is 6.92 Å². The Morgan fingerprint density at radius 2 is 1.76 bits per heavy atom. The minimum atomic E-state index is -0.759. The molecule has 3 heterocycles. The fourth-order valence-corrected chi connectivity index (χ4v) is 3.01. The summed E-state index contributed by atoms with van der Waals surface area (Å²) < 4.78 is 34.2. The molecule has 0 aromatic rings. The van der Waals surface area contributed by atoms with Crippen molar-refractivity contribution in [1.82, 2.24) is 0 Å². The van der Waals surface area contributed by atoms with Crippen molar-refractivity contribution in [2.45, 2.75) is 76.9 Å². The molecule has 0 N–H and O–H groups in total. The van der Waals surface area contributed by atoms with Crippen LogP contribution in [0.5, 0.6) is 0 Å². The van der Waals surface area contributed by atoms with Gasteiger partial charge in [-0.15, -0.1) is 0 Å². The second kappa shape index (κ2) is 4.89. The summed E-state index contributed by atoms with van der Waals surface area (Å²) in [5.41, 5.74) is 0. The summed E-state index contributed by atoms with van der Waals surface area (Å²) in [6.45, 7) is 9.00. The zero-order valence-corrected chi connectivity index (χ0v) is 13.0. The first kappa shape index (κ1) is 15.2. The number of fused-ring (bicyclic) bond motifs is 1. The van der Waals surface area contributed by atoms with E-state index >= 15 is 0 Å². The maximum atomic E-state index is 11.4. The van der Waals surface area contributed by atoms with E-state index in [0.717, 1.165) is 0 Å². The van der Waals surface area contributed by atoms with Gasteiger partial charge < -0.3 is 28.4 Å². The van der Waals surface area contributed by atoms with Crippen LogP contribution in [0.4, 0.5) is 0 Å². The van der Waals surface area contributed by atoms with E-state index in [0.29, 0.717) is 6.61 Å². The Morgan fingerprint density at radius 1 is 1.05 bits per heavy atom. The molecule has 0 aromatic heterocycles. The van der Waals surface area contributed by atoms with Crippen molar-refractivity contribution < 1.29 is 33.2 Å². The first-order valence-electron chi connectivity index (χ1n) is 7.17. The third-order valence-electron chi connectivity index (χ3n) is 3.73. The molecule has 5 atom stereocenters. The highest BCUT2D eigenvalue weighted by Crippen LogP contribution is 2.41. The second-order valence-electron chi connectivity index (χ2n) is 6.51. The molecular formula is C14H22O7. The van der Waals surface area contributed by atoms with Crippen LogP contribution in [0.1, 0.15) is 34.6 Å². The van der Waals surface area contributed by atoms with Crippen LogP contribution < -0.4 is 0 Å². The summed E-state index contributed by atoms with van der Waals surface area (Å²) in [5.74, 6) is -1.82. The molecule has 0 radical (unpaired) electrons. The normalized spacial score (nSPS) is 43.8. The number of rotatable bonds is 2. The molecule has 0 aliphatic carbocycles. The van der Waals surface area contributed by atoms with Gasteiger partial charge in [0.1, 0.15) is 12.2 Å². The second-order valence-corrected chi connectivity index (χ2v) is 6.51. The lowest BCUT2D eigenvalue weighted by Gasteiger charge is -2.28. The van der Waals surface area contributed by atoms with Gasteiger partial charge >= 0.3 is 5.97 Å². The summed E-state index contributed by atoms with van der Waals surface area (Å²) in [6.07, 6.45) is -2.40. The minimum absolute atomic E-state index is 0.328. The predicted molar refractivity (Wildman–Crippen MR) is 69.2 cm³/mol. The largest absolute Gasteiger partial charge is 0.457 e. The highest BCUT2D eigenvalue weighted by molar-refractivity contribution is 5.66. The van der Waals surface area contributed by atoms with Crippen molar-refractivity contribution >= 4 is 5.97 Å². The quantitative estimate of drug-likeness (QED) is 0.703. The van der Waals surface area contributed by atoms with Gasteiger partial charge in [-0.2, -0.15) is 0 Å². The smallest absolute Gasteiger partial charge is 0.303 e. The van der Waals surface area contributed by atoms with Gasteiger partial charge in [0.05, 0.1) is 6.61 Å². The Kier molecular flexibility index (Phi) is 3.53. The van der Waals surface area contributed by atoms with Crippen molar-refractivity contribution in [3.05, 3.63) is 0 Å². The molecule has 120 valence electrons. The van der Waals surface area contributed by atoms with Gasteiger partial charge in [0.25, 0.3) is 0 Å². The molecule has 0 aromatic carbocycles. The molecule has 3 fully saturated rings. The molecule has 0 saturated carbocycles. The van der Waals surface area contributed by atoms with E-state index in [1.807, 2.05) is 13.8 Å². The van der Waals surface area contributed by atoms with E-state index < -0.39 is 36.2 Å². The topological polar surface area (TPSA) is 72.5 Å². The molecule has 0 amide bonds. The Hall–Kier alpha value is -0.730. The molecule has 3 aliphatic rings. The lowest BCUT2D eigenvalue weighted by atomic mass is 10.1. The third kappa shape index (κ3) is 2.93. The van der Waals surface area contributed by atoms with E-state index in [1.54, 1.807) is 13.8 Å². The molecule has 0 unspecified atom stereocenters. The zero-order valence-electron chi connectivity index (χ0n) is 13.0. The lowest BCUT2D eigenvalue weighted by molar-refractivity contribution is -0.235. The van der Waals surface area contributed by atoms with Crippen molar-refractivity contribution in [3.8, 4) is 0 Å². The molecule has 7 nitrogen and oxygen atoms in total. The maximum absolute atomic E-state index is 11.4. The number of carbonyl (C=O) groups excluding carboxylic acids is 1. The van der Waals surface area contributed by atoms with Gasteiger partial charge in [-0.05, 0) is 27.7 Å². The van der Waals surface area contributed by atoms with Crippen LogP contribution in [0.2, 0.25) is 0 Å². The van der Waals surface area contributed by atoms with Gasteiger partial charge in [-0.25, -0.2) is 0 Å². The Labute approximate surface area is 123 Å². The SMILES string of the molecule is CC(=O)O[C@H]1[C@H]2OC(C)(C)O[C@@H]2O[C@@H]1[C@@H]1COC(C)(C)O1. The summed E-state index contributed by atoms with van der Waals surface area (Å²) in [6, 6.07) is 0. The first-order chi connectivity index (χ1) is 9.67. The van der Waals surface area contributed by atoms with E-state index in [4.69, 9.17) is 28.4 Å². The number of hydrogen-bond acceptors (Lipinski definition) is 7. The highest BCUT2D eigenvalue weighted by atomic mass is 16.8. The van der Waals surface area contributed by atoms with Crippen LogP contribution in [-0.4, -0.2) is 54.9 Å². The predicted octanol–water partition coefficient (Wildman–Crippen LogP) is 0.946. The van der Waals surface area contributed by atoms with Crippen LogP contribution in [0, 0.1) is 0 Å². The summed E-state index contributed by atoms with van der Waals surface area (Å²) in [4.78, 5) is 11.4. The zero-order chi connectivity index (χ0) is 15.4. The molecule has 3 saturated heterocycles. The average Bonchev–Trinajstić information content (AvgIpc) is 2.90. The Balaban J connectivity index is 1.77. The number of ether oxygens (including phenoxy) is 6. The summed E-state index contributed by atoms with van der Waals surface area (Å²) >= 11 is 0. The molecule has 21 heavy (non-hydrogen) atoms. The Bertz CT molecular complexity index is 433. The van der Waals surface area contributed by atoms with E-state index in [1.165, 1.54) is 6.92 Å². The average molecular weight is 302 g/mol. The molecule has 7 heteroatoms. The van der Waals surface area contributed by atoms with Crippen molar-refractivity contribution in [2.24, 2.45) is 0 Å². The lowest BCUT2D eigenvalue weighted by Crippen LogP contribution is -2.44. The molecular weight excluding hydrogens is 280 g/mol. The summed E-state index contributed by atoms with van der Waals surface area (Å²) in [5, 5.41) is 0. The molecule has 0 spiro atoms. The molecule has 3 aliphatic heterocycles. The van der Waals surface area contributed by atoms with Crippen molar-refractivity contribution in [2.75, 3.05) is 6.61 Å². The summed E-state index contributed by atoms with van der Waals surface area (Å²) in [7, 11) is 0. The van der Waals surface area contributed by atoms with Crippen LogP contribution >= 0.6 is 0 Å². The number of carbonyl (C=O) groups is 1. The Morgan fingerprint density at radius 3 is 2.33 bits per heavy atom. The fourth-order valence-electron chi connectivity index (χ4n) is 3.01. The monoisotopic (exact) mass is 302 g/mol. The minimum Gasteiger partial charge on any atom is -0.457 e. The third-order valence-corrected chi connectivity index (χ3v) is 3.73. The van der Waals surface area contributed by atoms with Gasteiger partial charge in [-0.1, -0.05) is 0 Å². The van der Waals surface area contributed by atoms with E-state index in [2.05, 4.69) is 0 Å². The molecule has 3 rings (SSSR count). The van der Waals surface area contributed by atoms with Crippen molar-refractivity contribution in [3.63, 3.8) is 0 Å². The van der Waals surface area contributed by atoms with Crippen molar-refractivity contribution in [1.29, 1.82) is 0 Å². The van der Waals surface area contributed by atoms with Gasteiger partial charge in [0.2, 0.25) is 0 Å². The van der Waals surface area contributed by atoms with Crippen LogP contribution in [-0.2, 0) is 33.2 Å². The van der Waals surface area contributed by atoms with E-state index in [9.17, 15) is 4.79 Å². The highest BCUT2D eigenvalue weighted by Gasteiger charge is 2.59. The van der Waals surface area contributed by atoms with Gasteiger partial charge in [-0.3, -0.25) is 4.79 Å². The van der Waals surface area contributed by atoms with Gasteiger partial charge in [0.15, 0.2) is 30.1 Å². The number of hydrogen-bond donors (Lipinski definition) is 0. The first-order valence-corrected chi connectivity index (χ1v) is 7.17. The number of esters is 1. The van der Waals surface area contributed by atoms with Crippen LogP contribution in [0.3, 0.4) is 0 Å². The maximum Gasteiger partial charge on any atom is 0.303 e. The van der Waals surface area contributed by atoms with Crippen LogP contribution in [0.25, 0.3) is 0 Å².